The zero-order valence-electron chi connectivity index (χ0n) is 14.6. The number of aliphatic imine (C=N–C) groups is 1. The normalized spacial score (nSPS) is 15.8. The number of benzene rings is 2. The number of amidine groups is 1. The van der Waals surface area contributed by atoms with E-state index in [9.17, 15) is 0 Å². The summed E-state index contributed by atoms with van der Waals surface area (Å²) in [6.45, 7) is 3.54. The van der Waals surface area contributed by atoms with Crippen LogP contribution >= 0.6 is 17.0 Å². The first-order valence-electron chi connectivity index (χ1n) is 8.45. The quantitative estimate of drug-likeness (QED) is 0.713. The van der Waals surface area contributed by atoms with Crippen molar-refractivity contribution in [2.45, 2.75) is 26.2 Å². The molecule has 0 aliphatic carbocycles. The van der Waals surface area contributed by atoms with Crippen molar-refractivity contribution < 1.29 is 0 Å². The average Bonchev–Trinajstić information content (AvgIpc) is 3.04. The first-order chi connectivity index (χ1) is 12.2. The first kappa shape index (κ1) is 18.2. The molecule has 1 unspecified atom stereocenters. The van der Waals surface area contributed by atoms with E-state index in [0.29, 0.717) is 5.84 Å². The van der Waals surface area contributed by atoms with E-state index in [2.05, 4.69) is 62.8 Å². The number of hydrogen-bond acceptors (Lipinski definition) is 4. The second-order valence-electron chi connectivity index (χ2n) is 6.29. The molecule has 1 aliphatic rings. The fraction of sp³-hybridized carbons (Fsp3) is 0.200. The van der Waals surface area contributed by atoms with Crippen LogP contribution in [0.1, 0.15) is 23.7 Å². The molecule has 4 rings (SSSR count). The fourth-order valence-corrected chi connectivity index (χ4v) is 3.24. The van der Waals surface area contributed by atoms with Gasteiger partial charge in [0.2, 0.25) is 0 Å². The predicted molar refractivity (Wildman–Crippen MR) is 111 cm³/mol. The van der Waals surface area contributed by atoms with Gasteiger partial charge in [0.05, 0.1) is 6.33 Å². The molecule has 0 amide bonds. The van der Waals surface area contributed by atoms with Crippen LogP contribution in [-0.4, -0.2) is 21.6 Å². The standard InChI is InChI=1S/C20H21N5.BrH/c1-15-23-19(21)18-20(25(15)13-17-10-6-3-7-11-17)22-14-24(18)12-16-8-4-2-5-9-16;/h2-11,14-15H,12-13H2,1H3,(H2,21,23);1H. The highest BCUT2D eigenvalue weighted by Gasteiger charge is 2.28. The van der Waals surface area contributed by atoms with Crippen molar-refractivity contribution in [2.24, 2.45) is 10.7 Å². The molecule has 1 aromatic heterocycles. The van der Waals surface area contributed by atoms with Crippen molar-refractivity contribution in [3.63, 3.8) is 0 Å². The summed E-state index contributed by atoms with van der Waals surface area (Å²) in [6.07, 6.45) is 1.82. The summed E-state index contributed by atoms with van der Waals surface area (Å²) < 4.78 is 2.08. The monoisotopic (exact) mass is 411 g/mol. The average molecular weight is 412 g/mol. The smallest absolute Gasteiger partial charge is 0.160 e. The number of nitrogens with zero attached hydrogens (tertiary/aromatic N) is 4. The van der Waals surface area contributed by atoms with Gasteiger partial charge >= 0.3 is 0 Å². The minimum atomic E-state index is -0.0345. The van der Waals surface area contributed by atoms with Crippen LogP contribution in [0.3, 0.4) is 0 Å². The summed E-state index contributed by atoms with van der Waals surface area (Å²) in [7, 11) is 0. The van der Waals surface area contributed by atoms with Crippen LogP contribution in [0.25, 0.3) is 0 Å². The van der Waals surface area contributed by atoms with Crippen LogP contribution in [0.4, 0.5) is 5.82 Å². The molecule has 134 valence electrons. The van der Waals surface area contributed by atoms with Crippen LogP contribution in [-0.2, 0) is 13.1 Å². The Bertz CT molecular complexity index is 889. The molecule has 2 heterocycles. The molecule has 6 heteroatoms. The largest absolute Gasteiger partial charge is 0.382 e. The molecule has 0 fully saturated rings. The lowest BCUT2D eigenvalue weighted by Crippen LogP contribution is -2.39. The van der Waals surface area contributed by atoms with E-state index in [4.69, 9.17) is 5.73 Å². The van der Waals surface area contributed by atoms with E-state index in [1.54, 1.807) is 0 Å². The molecule has 1 atom stereocenters. The number of rotatable bonds is 4. The molecule has 0 bridgehead atoms. The molecule has 2 N–H and O–H groups in total. The molecule has 3 aromatic rings. The number of halogens is 1. The molecule has 2 aromatic carbocycles. The molecular weight excluding hydrogens is 390 g/mol. The maximum Gasteiger partial charge on any atom is 0.160 e. The summed E-state index contributed by atoms with van der Waals surface area (Å²) in [5.74, 6) is 1.46. The topological polar surface area (TPSA) is 59.4 Å². The fourth-order valence-electron chi connectivity index (χ4n) is 3.24. The molecule has 1 aliphatic heterocycles. The molecule has 0 radical (unpaired) electrons. The van der Waals surface area contributed by atoms with E-state index in [-0.39, 0.29) is 23.1 Å². The van der Waals surface area contributed by atoms with Gasteiger partial charge in [0.15, 0.2) is 5.82 Å². The van der Waals surface area contributed by atoms with Crippen molar-refractivity contribution in [2.75, 3.05) is 4.90 Å². The molecular formula is C20H22BrN5. The van der Waals surface area contributed by atoms with Crippen molar-refractivity contribution >= 4 is 28.6 Å². The minimum Gasteiger partial charge on any atom is -0.382 e. The molecule has 5 nitrogen and oxygen atoms in total. The van der Waals surface area contributed by atoms with E-state index in [1.807, 2.05) is 30.6 Å². The van der Waals surface area contributed by atoms with Gasteiger partial charge in [0.25, 0.3) is 0 Å². The summed E-state index contributed by atoms with van der Waals surface area (Å²) >= 11 is 0. The zero-order chi connectivity index (χ0) is 17.2. The maximum absolute atomic E-state index is 6.25. The molecule has 0 saturated carbocycles. The molecule has 0 spiro atoms. The van der Waals surface area contributed by atoms with Gasteiger partial charge < -0.3 is 15.2 Å². The Labute approximate surface area is 164 Å². The Morgan fingerprint density at radius 2 is 1.50 bits per heavy atom. The summed E-state index contributed by atoms with van der Waals surface area (Å²) in [6, 6.07) is 20.7. The highest BCUT2D eigenvalue weighted by atomic mass is 79.9. The van der Waals surface area contributed by atoms with Crippen molar-refractivity contribution in [1.29, 1.82) is 0 Å². The van der Waals surface area contributed by atoms with Gasteiger partial charge in [-0.05, 0) is 18.1 Å². The second-order valence-corrected chi connectivity index (χ2v) is 6.29. The van der Waals surface area contributed by atoms with E-state index in [1.165, 1.54) is 11.1 Å². The van der Waals surface area contributed by atoms with Gasteiger partial charge in [0, 0.05) is 13.1 Å². The number of hydrogen-bond donors (Lipinski definition) is 1. The van der Waals surface area contributed by atoms with Crippen LogP contribution in [0.15, 0.2) is 72.0 Å². The second kappa shape index (κ2) is 7.74. The number of fused-ring (bicyclic) bond motifs is 1. The third kappa shape index (κ3) is 3.51. The Morgan fingerprint density at radius 3 is 2.12 bits per heavy atom. The summed E-state index contributed by atoms with van der Waals surface area (Å²) in [4.78, 5) is 11.5. The van der Waals surface area contributed by atoms with Crippen molar-refractivity contribution in [3.05, 3.63) is 83.8 Å². The zero-order valence-corrected chi connectivity index (χ0v) is 16.3. The highest BCUT2D eigenvalue weighted by Crippen LogP contribution is 2.28. The van der Waals surface area contributed by atoms with Crippen LogP contribution in [0.2, 0.25) is 0 Å². The number of anilines is 1. The van der Waals surface area contributed by atoms with Gasteiger partial charge in [-0.25, -0.2) is 9.98 Å². The number of aromatic nitrogens is 2. The van der Waals surface area contributed by atoms with Crippen LogP contribution in [0, 0.1) is 0 Å². The van der Waals surface area contributed by atoms with Gasteiger partial charge in [-0.1, -0.05) is 60.7 Å². The van der Waals surface area contributed by atoms with Crippen molar-refractivity contribution in [3.8, 4) is 0 Å². The Kier molecular flexibility index (Phi) is 5.42. The molecule has 26 heavy (non-hydrogen) atoms. The lowest BCUT2D eigenvalue weighted by atomic mass is 10.1. The summed E-state index contributed by atoms with van der Waals surface area (Å²) in [5, 5.41) is 0. The van der Waals surface area contributed by atoms with Crippen LogP contribution < -0.4 is 10.6 Å². The molecule has 0 saturated heterocycles. The van der Waals surface area contributed by atoms with E-state index >= 15 is 0 Å². The number of nitrogens with two attached hydrogens (primary N) is 1. The number of imidazole rings is 1. The summed E-state index contributed by atoms with van der Waals surface area (Å²) in [5.41, 5.74) is 9.60. The lowest BCUT2D eigenvalue weighted by Gasteiger charge is -2.31. The SMILES string of the molecule is Br.CC1N=C(N)c2c(ncn2Cc2ccccc2)N1Cc1ccccc1. The van der Waals surface area contributed by atoms with E-state index in [0.717, 1.165) is 24.6 Å². The Balaban J connectivity index is 0.00000196. The van der Waals surface area contributed by atoms with E-state index < -0.39 is 0 Å². The Morgan fingerprint density at radius 1 is 0.923 bits per heavy atom. The Hall–Kier alpha value is -2.60. The van der Waals surface area contributed by atoms with Gasteiger partial charge in [-0.3, -0.25) is 0 Å². The predicted octanol–water partition coefficient (Wildman–Crippen LogP) is 3.58. The third-order valence-corrected chi connectivity index (χ3v) is 4.50. The van der Waals surface area contributed by atoms with Crippen molar-refractivity contribution in [1.82, 2.24) is 9.55 Å². The van der Waals surface area contributed by atoms with Gasteiger partial charge in [0.1, 0.15) is 17.7 Å². The van der Waals surface area contributed by atoms with Gasteiger partial charge in [-0.2, -0.15) is 0 Å². The lowest BCUT2D eigenvalue weighted by molar-refractivity contribution is 0.638. The van der Waals surface area contributed by atoms with Gasteiger partial charge in [-0.15, -0.1) is 17.0 Å². The highest BCUT2D eigenvalue weighted by molar-refractivity contribution is 8.93. The minimum absolute atomic E-state index is 0. The third-order valence-electron chi connectivity index (χ3n) is 4.50. The van der Waals surface area contributed by atoms with Crippen LogP contribution in [0.5, 0.6) is 0 Å². The maximum atomic E-state index is 6.25. The first-order valence-corrected chi connectivity index (χ1v) is 8.45.